The van der Waals surface area contributed by atoms with Gasteiger partial charge in [-0.1, -0.05) is 6.07 Å². The maximum Gasteiger partial charge on any atom is 0.311 e. The lowest BCUT2D eigenvalue weighted by Crippen LogP contribution is -2.29. The van der Waals surface area contributed by atoms with Crippen LogP contribution in [0.1, 0.15) is 5.56 Å². The van der Waals surface area contributed by atoms with Gasteiger partial charge in [-0.25, -0.2) is 0 Å². The fraction of sp³-hybridized carbons (Fsp3) is 0.500. The Morgan fingerprint density at radius 2 is 1.90 bits per heavy atom. The lowest BCUT2D eigenvalue weighted by Gasteiger charge is -2.20. The van der Waals surface area contributed by atoms with Crippen molar-refractivity contribution in [1.29, 1.82) is 0 Å². The molecule has 0 fully saturated rings. The molecule has 0 aliphatic heterocycles. The first-order valence-electron chi connectivity index (χ1n) is 5.87. The predicted molar refractivity (Wildman–Crippen MR) is 76.3 cm³/mol. The van der Waals surface area contributed by atoms with Gasteiger partial charge in [-0.15, -0.1) is 12.4 Å². The largest absolute Gasteiger partial charge is 0.490 e. The van der Waals surface area contributed by atoms with E-state index in [0.29, 0.717) is 19.6 Å². The van der Waals surface area contributed by atoms with Crippen LogP contribution in [0.5, 0.6) is 5.75 Å². The Morgan fingerprint density at radius 3 is 2.35 bits per heavy atom. The normalized spacial score (nSPS) is 10.2. The first-order valence-corrected chi connectivity index (χ1v) is 5.87. The molecule has 1 aromatic carbocycles. The third kappa shape index (κ3) is 5.30. The number of ether oxygens (including phenoxy) is 1. The minimum atomic E-state index is -0.495. The number of aliphatic hydroxyl groups excluding tert-OH is 2. The topological polar surface area (TPSA) is 96.1 Å². The van der Waals surface area contributed by atoms with Crippen molar-refractivity contribution >= 4 is 18.1 Å². The molecule has 0 amide bonds. The summed E-state index contributed by atoms with van der Waals surface area (Å²) in [5, 5.41) is 28.7. The summed E-state index contributed by atoms with van der Waals surface area (Å²) < 4.78 is 4.93. The van der Waals surface area contributed by atoms with E-state index in [-0.39, 0.29) is 37.1 Å². The van der Waals surface area contributed by atoms with E-state index in [4.69, 9.17) is 14.9 Å². The molecule has 0 saturated carbocycles. The number of methoxy groups -OCH3 is 1. The monoisotopic (exact) mass is 306 g/mol. The second-order valence-electron chi connectivity index (χ2n) is 3.99. The van der Waals surface area contributed by atoms with Gasteiger partial charge in [-0.3, -0.25) is 15.0 Å². The van der Waals surface area contributed by atoms with Crippen LogP contribution in [-0.2, 0) is 6.54 Å². The summed E-state index contributed by atoms with van der Waals surface area (Å²) in [5.41, 5.74) is 0.641. The van der Waals surface area contributed by atoms with Crippen LogP contribution < -0.4 is 4.74 Å². The zero-order chi connectivity index (χ0) is 14.3. The first-order chi connectivity index (χ1) is 9.12. The zero-order valence-corrected chi connectivity index (χ0v) is 12.0. The molecule has 0 saturated heterocycles. The number of nitro groups is 1. The number of hydrogen-bond acceptors (Lipinski definition) is 6. The fourth-order valence-electron chi connectivity index (χ4n) is 1.79. The van der Waals surface area contributed by atoms with E-state index in [2.05, 4.69) is 0 Å². The third-order valence-electron chi connectivity index (χ3n) is 2.68. The molecule has 0 radical (unpaired) electrons. The van der Waals surface area contributed by atoms with Crippen molar-refractivity contribution in [2.24, 2.45) is 0 Å². The minimum absolute atomic E-state index is 0. The molecule has 0 heterocycles. The van der Waals surface area contributed by atoms with Crippen molar-refractivity contribution in [2.75, 3.05) is 33.4 Å². The molecule has 20 heavy (non-hydrogen) atoms. The second kappa shape index (κ2) is 9.49. The van der Waals surface area contributed by atoms with E-state index >= 15 is 0 Å². The van der Waals surface area contributed by atoms with Gasteiger partial charge in [-0.05, 0) is 11.6 Å². The van der Waals surface area contributed by atoms with Gasteiger partial charge >= 0.3 is 5.69 Å². The molecule has 0 atom stereocenters. The van der Waals surface area contributed by atoms with E-state index in [0.717, 1.165) is 5.56 Å². The summed E-state index contributed by atoms with van der Waals surface area (Å²) in [5.74, 6) is 0.213. The van der Waals surface area contributed by atoms with Crippen LogP contribution in [0.2, 0.25) is 0 Å². The highest BCUT2D eigenvalue weighted by atomic mass is 35.5. The smallest absolute Gasteiger partial charge is 0.311 e. The lowest BCUT2D eigenvalue weighted by molar-refractivity contribution is -0.385. The van der Waals surface area contributed by atoms with E-state index in [1.54, 1.807) is 12.1 Å². The Labute approximate surface area is 123 Å². The van der Waals surface area contributed by atoms with Crippen molar-refractivity contribution in [3.63, 3.8) is 0 Å². The maximum atomic E-state index is 10.9. The molecular formula is C12H19ClN2O5. The van der Waals surface area contributed by atoms with Crippen LogP contribution in [0.3, 0.4) is 0 Å². The van der Waals surface area contributed by atoms with Gasteiger partial charge in [0.1, 0.15) is 0 Å². The van der Waals surface area contributed by atoms with Gasteiger partial charge in [0.2, 0.25) is 0 Å². The number of nitro benzene ring substituents is 1. The lowest BCUT2D eigenvalue weighted by atomic mass is 10.1. The SMILES string of the molecule is COc1ccc(CN(CCO)CCO)cc1[N+](=O)[O-].Cl. The van der Waals surface area contributed by atoms with E-state index in [1.165, 1.54) is 13.2 Å². The van der Waals surface area contributed by atoms with Gasteiger partial charge in [0.15, 0.2) is 5.75 Å². The Hall–Kier alpha value is -1.41. The molecule has 7 nitrogen and oxygen atoms in total. The summed E-state index contributed by atoms with van der Waals surface area (Å²) in [6.07, 6.45) is 0. The molecule has 2 N–H and O–H groups in total. The summed E-state index contributed by atoms with van der Waals surface area (Å²) in [6, 6.07) is 4.72. The molecular weight excluding hydrogens is 288 g/mol. The summed E-state index contributed by atoms with van der Waals surface area (Å²) in [4.78, 5) is 12.2. The van der Waals surface area contributed by atoms with Gasteiger partial charge in [0.25, 0.3) is 0 Å². The number of aliphatic hydroxyl groups is 2. The quantitative estimate of drug-likeness (QED) is 0.545. The molecule has 8 heteroatoms. The van der Waals surface area contributed by atoms with Crippen LogP contribution >= 0.6 is 12.4 Å². The molecule has 0 unspecified atom stereocenters. The number of benzene rings is 1. The third-order valence-corrected chi connectivity index (χ3v) is 2.68. The average molecular weight is 307 g/mol. The Bertz CT molecular complexity index is 424. The van der Waals surface area contributed by atoms with Crippen molar-refractivity contribution in [1.82, 2.24) is 4.90 Å². The molecule has 1 aromatic rings. The Morgan fingerprint density at radius 1 is 1.30 bits per heavy atom. The summed E-state index contributed by atoms with van der Waals surface area (Å²) in [6.45, 7) is 1.17. The average Bonchev–Trinajstić information content (AvgIpc) is 2.39. The van der Waals surface area contributed by atoms with Gasteiger partial charge in [0, 0.05) is 25.7 Å². The first kappa shape index (κ1) is 18.6. The number of hydrogen-bond donors (Lipinski definition) is 2. The second-order valence-corrected chi connectivity index (χ2v) is 3.99. The molecule has 0 aliphatic carbocycles. The molecule has 1 rings (SSSR count). The highest BCUT2D eigenvalue weighted by Crippen LogP contribution is 2.27. The zero-order valence-electron chi connectivity index (χ0n) is 11.2. The standard InChI is InChI=1S/C12H18N2O5.ClH/c1-19-12-3-2-10(8-11(12)14(17)18)9-13(4-6-15)5-7-16;/h2-3,8,15-16H,4-7,9H2,1H3;1H. The molecule has 0 aliphatic rings. The van der Waals surface area contributed by atoms with Crippen LogP contribution in [0.4, 0.5) is 5.69 Å². The number of halogens is 1. The highest BCUT2D eigenvalue weighted by Gasteiger charge is 2.16. The Kier molecular flexibility index (Phi) is 8.82. The van der Waals surface area contributed by atoms with Crippen molar-refractivity contribution in [3.05, 3.63) is 33.9 Å². The van der Waals surface area contributed by atoms with Gasteiger partial charge in [-0.2, -0.15) is 0 Å². The predicted octanol–water partition coefficient (Wildman–Crippen LogP) is 0.812. The molecule has 0 spiro atoms. The molecule has 114 valence electrons. The maximum absolute atomic E-state index is 10.9. The highest BCUT2D eigenvalue weighted by molar-refractivity contribution is 5.85. The van der Waals surface area contributed by atoms with Gasteiger partial charge < -0.3 is 14.9 Å². The minimum Gasteiger partial charge on any atom is -0.490 e. The Balaban J connectivity index is 0.00000361. The van der Waals surface area contributed by atoms with Crippen molar-refractivity contribution in [2.45, 2.75) is 6.54 Å². The molecule has 0 aromatic heterocycles. The van der Waals surface area contributed by atoms with Crippen LogP contribution in [-0.4, -0.2) is 53.4 Å². The summed E-state index contributed by atoms with van der Waals surface area (Å²) in [7, 11) is 1.38. The van der Waals surface area contributed by atoms with Crippen LogP contribution in [0, 0.1) is 10.1 Å². The fourth-order valence-corrected chi connectivity index (χ4v) is 1.79. The van der Waals surface area contributed by atoms with E-state index in [9.17, 15) is 10.1 Å². The number of nitrogens with zero attached hydrogens (tertiary/aromatic N) is 2. The van der Waals surface area contributed by atoms with Crippen molar-refractivity contribution < 1.29 is 19.9 Å². The molecule has 0 bridgehead atoms. The van der Waals surface area contributed by atoms with E-state index in [1.807, 2.05) is 4.90 Å². The van der Waals surface area contributed by atoms with Crippen LogP contribution in [0.25, 0.3) is 0 Å². The number of rotatable bonds is 8. The van der Waals surface area contributed by atoms with Crippen LogP contribution in [0.15, 0.2) is 18.2 Å². The summed E-state index contributed by atoms with van der Waals surface area (Å²) >= 11 is 0. The van der Waals surface area contributed by atoms with E-state index < -0.39 is 4.92 Å². The van der Waals surface area contributed by atoms with Gasteiger partial charge in [0.05, 0.1) is 25.2 Å². The van der Waals surface area contributed by atoms with Crippen molar-refractivity contribution in [3.8, 4) is 5.75 Å².